The smallest absolute Gasteiger partial charge is 0.262 e. The highest BCUT2D eigenvalue weighted by atomic mass is 35.5. The van der Waals surface area contributed by atoms with Crippen molar-refractivity contribution in [2.75, 3.05) is 5.32 Å². The van der Waals surface area contributed by atoms with Gasteiger partial charge in [0.25, 0.3) is 5.91 Å². The summed E-state index contributed by atoms with van der Waals surface area (Å²) in [6.07, 6.45) is 8.94. The first-order valence-electron chi connectivity index (χ1n) is 13.4. The minimum absolute atomic E-state index is 0.121. The summed E-state index contributed by atoms with van der Waals surface area (Å²) in [4.78, 5) is 16.9. The number of hydrogen-bond acceptors (Lipinski definition) is 3. The molecular formula is C32H32ClN3OS. The van der Waals surface area contributed by atoms with Crippen molar-refractivity contribution >= 4 is 51.9 Å². The second-order valence-electron chi connectivity index (χ2n) is 10.4. The van der Waals surface area contributed by atoms with Gasteiger partial charge in [-0.3, -0.25) is 4.79 Å². The lowest BCUT2D eigenvalue weighted by atomic mass is 9.85. The summed E-state index contributed by atoms with van der Waals surface area (Å²) in [5.74, 6) is 0.630. The highest BCUT2D eigenvalue weighted by molar-refractivity contribution is 8.05. The van der Waals surface area contributed by atoms with Crippen LogP contribution in [0.15, 0.2) is 90.0 Å². The van der Waals surface area contributed by atoms with E-state index in [1.165, 1.54) is 24.8 Å². The van der Waals surface area contributed by atoms with Crippen LogP contribution in [0.1, 0.15) is 43.7 Å². The van der Waals surface area contributed by atoms with Gasteiger partial charge in [-0.15, -0.1) is 0 Å². The van der Waals surface area contributed by atoms with Crippen LogP contribution in [-0.4, -0.2) is 26.9 Å². The van der Waals surface area contributed by atoms with Gasteiger partial charge in [0.05, 0.1) is 4.91 Å². The molecule has 2 fully saturated rings. The number of hydrogen-bond donors (Lipinski definition) is 1. The third-order valence-corrected chi connectivity index (χ3v) is 9.16. The molecule has 3 atom stereocenters. The molecule has 4 aromatic rings. The Hall–Kier alpha value is -3.15. The predicted octanol–water partition coefficient (Wildman–Crippen LogP) is 8.23. The van der Waals surface area contributed by atoms with Crippen LogP contribution in [0.25, 0.3) is 17.0 Å². The first-order chi connectivity index (χ1) is 18.6. The van der Waals surface area contributed by atoms with Crippen molar-refractivity contribution in [2.24, 2.45) is 5.92 Å². The number of fused-ring (bicyclic) bond motifs is 1. The van der Waals surface area contributed by atoms with Crippen LogP contribution in [0.3, 0.4) is 0 Å². The second kappa shape index (κ2) is 10.9. The van der Waals surface area contributed by atoms with Crippen molar-refractivity contribution in [3.05, 3.63) is 106 Å². The number of carbonyl (C=O) groups excluding carboxylic acids is 1. The predicted molar refractivity (Wildman–Crippen MR) is 160 cm³/mol. The van der Waals surface area contributed by atoms with Gasteiger partial charge in [-0.1, -0.05) is 91.7 Å². The van der Waals surface area contributed by atoms with Gasteiger partial charge in [-0.2, -0.15) is 0 Å². The Kier molecular flexibility index (Phi) is 7.22. The number of rotatable bonds is 6. The highest BCUT2D eigenvalue weighted by Gasteiger charge is 2.43. The summed E-state index contributed by atoms with van der Waals surface area (Å²) in [5.41, 5.74) is 4.32. The van der Waals surface area contributed by atoms with Gasteiger partial charge in [-0.25, -0.2) is 0 Å². The van der Waals surface area contributed by atoms with Crippen molar-refractivity contribution in [1.29, 1.82) is 0 Å². The lowest BCUT2D eigenvalue weighted by Gasteiger charge is -2.39. The Bertz CT molecular complexity index is 1460. The number of benzene rings is 3. The topological polar surface area (TPSA) is 37.3 Å². The maximum atomic E-state index is 14.0. The summed E-state index contributed by atoms with van der Waals surface area (Å²) in [6, 6.07) is 26.9. The lowest BCUT2D eigenvalue weighted by molar-refractivity contribution is -0.129. The van der Waals surface area contributed by atoms with Gasteiger partial charge in [0.15, 0.2) is 5.50 Å². The minimum Gasteiger partial charge on any atom is -0.356 e. The Morgan fingerprint density at radius 3 is 2.50 bits per heavy atom. The molecule has 6 heteroatoms. The van der Waals surface area contributed by atoms with E-state index in [0.717, 1.165) is 45.0 Å². The van der Waals surface area contributed by atoms with Crippen LogP contribution in [0, 0.1) is 5.92 Å². The molecule has 1 N–H and O–H groups in total. The second-order valence-corrected chi connectivity index (χ2v) is 11.9. The summed E-state index contributed by atoms with van der Waals surface area (Å²) >= 11 is 7.74. The molecule has 1 aromatic heterocycles. The average molecular weight is 542 g/mol. The van der Waals surface area contributed by atoms with Gasteiger partial charge < -0.3 is 14.8 Å². The minimum atomic E-state index is -0.121. The van der Waals surface area contributed by atoms with E-state index >= 15 is 0 Å². The number of halogens is 1. The van der Waals surface area contributed by atoms with Crippen molar-refractivity contribution in [1.82, 2.24) is 9.47 Å². The summed E-state index contributed by atoms with van der Waals surface area (Å²) in [5, 5.41) is 5.54. The van der Waals surface area contributed by atoms with Crippen LogP contribution in [-0.2, 0) is 11.3 Å². The Morgan fingerprint density at radius 2 is 1.71 bits per heavy atom. The number of thioether (sulfide) groups is 1. The molecular weight excluding hydrogens is 510 g/mol. The number of nitrogens with zero attached hydrogens (tertiary/aromatic N) is 2. The molecule has 1 aliphatic heterocycles. The van der Waals surface area contributed by atoms with Crippen LogP contribution >= 0.6 is 23.4 Å². The highest BCUT2D eigenvalue weighted by Crippen LogP contribution is 2.42. The zero-order chi connectivity index (χ0) is 26.1. The molecule has 2 aliphatic rings. The number of carbonyl (C=O) groups is 1. The molecule has 0 radical (unpaired) electrons. The van der Waals surface area contributed by atoms with Crippen LogP contribution in [0.4, 0.5) is 5.69 Å². The number of anilines is 1. The molecule has 0 spiro atoms. The number of aromatic nitrogens is 1. The van der Waals surface area contributed by atoms with E-state index in [1.807, 2.05) is 30.3 Å². The summed E-state index contributed by atoms with van der Waals surface area (Å²) in [7, 11) is 0. The van der Waals surface area contributed by atoms with Gasteiger partial charge in [0, 0.05) is 46.0 Å². The van der Waals surface area contributed by atoms with Gasteiger partial charge >= 0.3 is 0 Å². The largest absolute Gasteiger partial charge is 0.356 e. The van der Waals surface area contributed by atoms with Crippen molar-refractivity contribution < 1.29 is 4.79 Å². The third-order valence-electron chi connectivity index (χ3n) is 7.80. The normalized spacial score (nSPS) is 22.9. The van der Waals surface area contributed by atoms with E-state index in [2.05, 4.69) is 82.5 Å². The molecule has 2 heterocycles. The Balaban J connectivity index is 1.35. The molecule has 1 aliphatic carbocycles. The summed E-state index contributed by atoms with van der Waals surface area (Å²) < 4.78 is 2.26. The standard InChI is InChI=1S/C32H32ClN3OS/c1-22-9-5-7-13-28(22)36-31(37)30(38-32(36)34-26-10-3-2-4-11-26)19-24-21-35(29-14-8-6-12-27(24)29)20-23-15-17-25(33)18-16-23/h2-4,6,8,10-12,14-19,21-22,28,32,34H,5,7,9,13,20H2,1H3/b30-19-/t22-,28+,32?/m0/s1. The molecule has 1 saturated heterocycles. The lowest BCUT2D eigenvalue weighted by Crippen LogP contribution is -2.48. The first kappa shape index (κ1) is 25.1. The van der Waals surface area contributed by atoms with E-state index in [-0.39, 0.29) is 17.4 Å². The fourth-order valence-electron chi connectivity index (χ4n) is 5.82. The van der Waals surface area contributed by atoms with E-state index < -0.39 is 0 Å². The van der Waals surface area contributed by atoms with Gasteiger partial charge in [-0.05, 0) is 60.7 Å². The molecule has 1 unspecified atom stereocenters. The average Bonchev–Trinajstić information content (AvgIpc) is 3.43. The maximum Gasteiger partial charge on any atom is 0.262 e. The third kappa shape index (κ3) is 5.10. The van der Waals surface area contributed by atoms with Crippen molar-refractivity contribution in [3.8, 4) is 0 Å². The van der Waals surface area contributed by atoms with Gasteiger partial charge in [0.1, 0.15) is 0 Å². The fourth-order valence-corrected chi connectivity index (χ4v) is 7.14. The van der Waals surface area contributed by atoms with E-state index in [0.29, 0.717) is 5.92 Å². The molecule has 0 bridgehead atoms. The molecule has 38 heavy (non-hydrogen) atoms. The van der Waals surface area contributed by atoms with E-state index in [1.54, 1.807) is 11.8 Å². The number of amides is 1. The molecule has 4 nitrogen and oxygen atoms in total. The Labute approximate surface area is 233 Å². The van der Waals surface area contributed by atoms with Crippen LogP contribution in [0.5, 0.6) is 0 Å². The monoisotopic (exact) mass is 541 g/mol. The quantitative estimate of drug-likeness (QED) is 0.250. The van der Waals surface area contributed by atoms with E-state index in [9.17, 15) is 4.79 Å². The summed E-state index contributed by atoms with van der Waals surface area (Å²) in [6.45, 7) is 3.04. The molecule has 194 valence electrons. The maximum absolute atomic E-state index is 14.0. The van der Waals surface area contributed by atoms with Crippen molar-refractivity contribution in [3.63, 3.8) is 0 Å². The number of nitrogens with one attached hydrogen (secondary N) is 1. The van der Waals surface area contributed by atoms with Crippen molar-refractivity contribution in [2.45, 2.75) is 50.7 Å². The SMILES string of the molecule is C[C@H]1CCCC[C@H]1N1C(=O)/C(=C/c2cn(Cc3ccc(Cl)cc3)c3ccccc23)SC1Nc1ccccc1. The zero-order valence-corrected chi connectivity index (χ0v) is 23.1. The van der Waals surface area contributed by atoms with Gasteiger partial charge in [0.2, 0.25) is 0 Å². The Morgan fingerprint density at radius 1 is 0.974 bits per heavy atom. The molecule has 1 saturated carbocycles. The number of para-hydroxylation sites is 2. The van der Waals surface area contributed by atoms with E-state index in [4.69, 9.17) is 11.6 Å². The molecule has 3 aromatic carbocycles. The fraction of sp³-hybridized carbons (Fsp3) is 0.281. The first-order valence-corrected chi connectivity index (χ1v) is 14.7. The molecule has 6 rings (SSSR count). The van der Waals surface area contributed by atoms with Crippen LogP contribution in [0.2, 0.25) is 5.02 Å². The molecule has 1 amide bonds. The zero-order valence-electron chi connectivity index (χ0n) is 21.5. The van der Waals surface area contributed by atoms with Crippen LogP contribution < -0.4 is 5.32 Å².